The van der Waals surface area contributed by atoms with Crippen molar-refractivity contribution in [1.82, 2.24) is 0 Å². The Morgan fingerprint density at radius 3 is 0.889 bits per heavy atom. The zero-order valence-corrected chi connectivity index (χ0v) is 49.9. The number of unbranched alkanes of at least 4 members (excludes halogenated alkanes) is 46. The molecule has 72 heavy (non-hydrogen) atoms. The second kappa shape index (κ2) is 54.8. The molecule has 0 radical (unpaired) electrons. The van der Waals surface area contributed by atoms with Gasteiger partial charge >= 0.3 is 19.8 Å². The molecule has 0 aliphatic rings. The van der Waals surface area contributed by atoms with E-state index in [4.69, 9.17) is 18.5 Å². The van der Waals surface area contributed by atoms with Crippen molar-refractivity contribution in [3.63, 3.8) is 0 Å². The van der Waals surface area contributed by atoms with Crippen molar-refractivity contribution in [2.75, 3.05) is 47.5 Å². The molecule has 0 saturated heterocycles. The number of likely N-dealkylation sites (N-methyl/N-ethyl adjacent to an activating group) is 1. The molecule has 0 saturated carbocycles. The number of phosphoric ester groups is 1. The second-order valence-electron chi connectivity index (χ2n) is 23.2. The van der Waals surface area contributed by atoms with Gasteiger partial charge in [0.2, 0.25) is 0 Å². The van der Waals surface area contributed by atoms with E-state index < -0.39 is 26.5 Å². The van der Waals surface area contributed by atoms with Crippen LogP contribution >= 0.6 is 7.82 Å². The van der Waals surface area contributed by atoms with Gasteiger partial charge in [-0.3, -0.25) is 18.6 Å². The Kier molecular flexibility index (Phi) is 54.0. The van der Waals surface area contributed by atoms with Gasteiger partial charge in [0.15, 0.2) is 6.10 Å². The molecule has 0 aromatic heterocycles. The number of esters is 2. The fraction of sp³-hybridized carbons (Fsp3) is 0.968. The van der Waals surface area contributed by atoms with Crippen molar-refractivity contribution in [1.29, 1.82) is 0 Å². The number of ether oxygens (including phenoxy) is 2. The lowest BCUT2D eigenvalue weighted by Gasteiger charge is -2.24. The van der Waals surface area contributed by atoms with Crippen LogP contribution in [0.2, 0.25) is 0 Å². The van der Waals surface area contributed by atoms with Gasteiger partial charge in [-0.1, -0.05) is 309 Å². The summed E-state index contributed by atoms with van der Waals surface area (Å²) in [7, 11) is 1.50. The summed E-state index contributed by atoms with van der Waals surface area (Å²) in [6, 6.07) is 0. The Labute approximate surface area is 448 Å². The Morgan fingerprint density at radius 2 is 0.625 bits per heavy atom. The van der Waals surface area contributed by atoms with Crippen LogP contribution in [0.5, 0.6) is 0 Å². The van der Waals surface area contributed by atoms with Crippen molar-refractivity contribution in [2.24, 2.45) is 0 Å². The highest BCUT2D eigenvalue weighted by molar-refractivity contribution is 7.47. The Balaban J connectivity index is 3.96. The lowest BCUT2D eigenvalue weighted by atomic mass is 10.0. The van der Waals surface area contributed by atoms with Crippen LogP contribution in [0.3, 0.4) is 0 Å². The van der Waals surface area contributed by atoms with Crippen LogP contribution in [-0.2, 0) is 32.7 Å². The van der Waals surface area contributed by atoms with Crippen LogP contribution in [0.1, 0.15) is 335 Å². The van der Waals surface area contributed by atoms with Gasteiger partial charge < -0.3 is 18.9 Å². The predicted molar refractivity (Wildman–Crippen MR) is 308 cm³/mol. The minimum absolute atomic E-state index is 0.0374. The number of nitrogens with zero attached hydrogens (tertiary/aromatic N) is 1. The maximum Gasteiger partial charge on any atom is 0.472 e. The van der Waals surface area contributed by atoms with Gasteiger partial charge in [-0.25, -0.2) is 4.57 Å². The first-order chi connectivity index (χ1) is 35.0. The van der Waals surface area contributed by atoms with E-state index in [1.54, 1.807) is 0 Å². The Bertz CT molecular complexity index is 1180. The lowest BCUT2D eigenvalue weighted by molar-refractivity contribution is -0.870. The van der Waals surface area contributed by atoms with Crippen molar-refractivity contribution in [3.05, 3.63) is 0 Å². The van der Waals surface area contributed by atoms with Crippen molar-refractivity contribution in [3.8, 4) is 0 Å². The van der Waals surface area contributed by atoms with E-state index in [2.05, 4.69) is 13.8 Å². The van der Waals surface area contributed by atoms with E-state index in [0.717, 1.165) is 38.5 Å². The molecule has 2 atom stereocenters. The van der Waals surface area contributed by atoms with Crippen LogP contribution in [0.25, 0.3) is 0 Å². The van der Waals surface area contributed by atoms with E-state index in [-0.39, 0.29) is 25.6 Å². The molecular formula is C62H125NO8P+. The highest BCUT2D eigenvalue weighted by atomic mass is 31.2. The number of hydrogen-bond acceptors (Lipinski definition) is 7. The summed E-state index contributed by atoms with van der Waals surface area (Å²) in [6.07, 6.45) is 63.4. The predicted octanol–water partition coefficient (Wildman–Crippen LogP) is 19.8. The quantitative estimate of drug-likeness (QED) is 0.0278. The molecule has 2 unspecified atom stereocenters. The number of phosphoric acid groups is 1. The van der Waals surface area contributed by atoms with Crippen LogP contribution in [0.15, 0.2) is 0 Å². The van der Waals surface area contributed by atoms with E-state index >= 15 is 0 Å². The molecule has 0 bridgehead atoms. The van der Waals surface area contributed by atoms with Crippen molar-refractivity contribution in [2.45, 2.75) is 341 Å². The minimum atomic E-state index is -4.38. The summed E-state index contributed by atoms with van der Waals surface area (Å²) in [6.45, 7) is 4.51. The summed E-state index contributed by atoms with van der Waals surface area (Å²) < 4.78 is 34.6. The largest absolute Gasteiger partial charge is 0.472 e. The summed E-state index contributed by atoms with van der Waals surface area (Å²) >= 11 is 0. The molecule has 0 fully saturated rings. The van der Waals surface area contributed by atoms with E-state index in [1.165, 1.54) is 270 Å². The van der Waals surface area contributed by atoms with Crippen molar-refractivity contribution >= 4 is 19.8 Å². The third kappa shape index (κ3) is 58.3. The molecule has 1 N–H and O–H groups in total. The monoisotopic (exact) mass is 1040 g/mol. The Morgan fingerprint density at radius 1 is 0.375 bits per heavy atom. The van der Waals surface area contributed by atoms with Crippen LogP contribution in [-0.4, -0.2) is 74.9 Å². The zero-order chi connectivity index (χ0) is 52.7. The summed E-state index contributed by atoms with van der Waals surface area (Å²) in [4.78, 5) is 35.7. The highest BCUT2D eigenvalue weighted by Crippen LogP contribution is 2.43. The summed E-state index contributed by atoms with van der Waals surface area (Å²) in [5.74, 6) is -0.772. The molecule has 0 aromatic carbocycles. The number of carbonyl (C=O) groups is 2. The number of carbonyl (C=O) groups excluding carboxylic acids is 2. The fourth-order valence-corrected chi connectivity index (χ4v) is 10.5. The molecule has 430 valence electrons. The Hall–Kier alpha value is -0.990. The van der Waals surface area contributed by atoms with E-state index in [0.29, 0.717) is 17.4 Å². The van der Waals surface area contributed by atoms with Crippen LogP contribution < -0.4 is 0 Å². The maximum absolute atomic E-state index is 12.8. The second-order valence-corrected chi connectivity index (χ2v) is 24.6. The standard InChI is InChI=1S/C62H124NO8P/c1-6-8-10-12-14-16-18-20-22-24-25-26-27-28-29-30-31-32-33-34-35-36-37-38-39-41-43-45-47-49-51-53-55-62(65)71-60(59-70-72(66,67)69-57-56-63(3,4)5)58-68-61(64)54-52-50-48-46-44-42-40-23-21-19-17-15-13-11-9-7-2/h60H,6-59H2,1-5H3/p+1. The molecule has 10 heteroatoms. The molecule has 0 aliphatic carbocycles. The van der Waals surface area contributed by atoms with Gasteiger partial charge in [-0.2, -0.15) is 0 Å². The average Bonchev–Trinajstić information content (AvgIpc) is 3.34. The van der Waals surface area contributed by atoms with Crippen LogP contribution in [0, 0.1) is 0 Å². The van der Waals surface area contributed by atoms with Crippen LogP contribution in [0.4, 0.5) is 0 Å². The minimum Gasteiger partial charge on any atom is -0.462 e. The van der Waals surface area contributed by atoms with E-state index in [1.807, 2.05) is 21.1 Å². The molecule has 0 aromatic rings. The highest BCUT2D eigenvalue weighted by Gasteiger charge is 2.27. The molecule has 0 rings (SSSR count). The lowest BCUT2D eigenvalue weighted by Crippen LogP contribution is -2.37. The third-order valence-electron chi connectivity index (χ3n) is 14.6. The first-order valence-corrected chi connectivity index (χ1v) is 33.3. The molecular weight excluding hydrogens is 918 g/mol. The molecule has 0 aliphatic heterocycles. The van der Waals surface area contributed by atoms with Gasteiger partial charge in [-0.05, 0) is 12.8 Å². The topological polar surface area (TPSA) is 108 Å². The molecule has 9 nitrogen and oxygen atoms in total. The number of hydrogen-bond donors (Lipinski definition) is 1. The van der Waals surface area contributed by atoms with E-state index in [9.17, 15) is 19.0 Å². The van der Waals surface area contributed by atoms with Gasteiger partial charge in [0.1, 0.15) is 19.8 Å². The van der Waals surface area contributed by atoms with Gasteiger partial charge in [-0.15, -0.1) is 0 Å². The molecule has 0 spiro atoms. The fourth-order valence-electron chi connectivity index (χ4n) is 9.73. The summed E-state index contributed by atoms with van der Waals surface area (Å²) in [5.41, 5.74) is 0. The maximum atomic E-state index is 12.8. The van der Waals surface area contributed by atoms with Crippen molar-refractivity contribution < 1.29 is 42.1 Å². The third-order valence-corrected chi connectivity index (χ3v) is 15.6. The smallest absolute Gasteiger partial charge is 0.462 e. The first kappa shape index (κ1) is 71.0. The molecule has 0 heterocycles. The van der Waals surface area contributed by atoms with Gasteiger partial charge in [0.05, 0.1) is 27.7 Å². The normalized spacial score (nSPS) is 13.1. The molecule has 0 amide bonds. The zero-order valence-electron chi connectivity index (χ0n) is 49.0. The first-order valence-electron chi connectivity index (χ1n) is 31.8. The average molecular weight is 1040 g/mol. The van der Waals surface area contributed by atoms with Gasteiger partial charge in [0, 0.05) is 12.8 Å². The SMILES string of the molecule is CCCCCCCCCCCCCCCCCCCCCCCCCCCCCCCCCCC(=O)OC(COC(=O)CCCCCCCCCCCCCCCCCC)COP(=O)(O)OCC[N+](C)(C)C. The number of quaternary nitrogens is 1. The number of rotatable bonds is 60. The summed E-state index contributed by atoms with van der Waals surface area (Å²) in [5, 5.41) is 0. The van der Waals surface area contributed by atoms with Gasteiger partial charge in [0.25, 0.3) is 0 Å².